The van der Waals surface area contributed by atoms with Crippen molar-refractivity contribution in [2.75, 3.05) is 6.61 Å². The van der Waals surface area contributed by atoms with Gasteiger partial charge in [0, 0.05) is 23.2 Å². The van der Waals surface area contributed by atoms with Gasteiger partial charge >= 0.3 is 0 Å². The molecular formula is C12H24OSi2. The highest BCUT2D eigenvalue weighted by atomic mass is 29.2. The van der Waals surface area contributed by atoms with Crippen molar-refractivity contribution in [3.63, 3.8) is 0 Å². The Morgan fingerprint density at radius 1 is 1.47 bits per heavy atom. The third-order valence-corrected chi connectivity index (χ3v) is 9.03. The summed E-state index contributed by atoms with van der Waals surface area (Å²) in [6.45, 7) is 12.5. The van der Waals surface area contributed by atoms with Crippen molar-refractivity contribution < 1.29 is 4.74 Å². The Balaban J connectivity index is 2.57. The lowest BCUT2D eigenvalue weighted by Gasteiger charge is -2.29. The Morgan fingerprint density at radius 3 is 2.53 bits per heavy atom. The van der Waals surface area contributed by atoms with Crippen molar-refractivity contribution in [1.82, 2.24) is 0 Å². The molecule has 1 aliphatic carbocycles. The fraction of sp³-hybridized carbons (Fsp3) is 0.667. The Morgan fingerprint density at radius 2 is 2.13 bits per heavy atom. The molecule has 86 valence electrons. The molecule has 0 spiro atoms. The molecule has 1 unspecified atom stereocenters. The van der Waals surface area contributed by atoms with Crippen molar-refractivity contribution in [2.45, 2.75) is 45.5 Å². The first-order valence-corrected chi connectivity index (χ1v) is 12.4. The van der Waals surface area contributed by atoms with Crippen LogP contribution in [0.15, 0.2) is 23.4 Å². The van der Waals surface area contributed by atoms with E-state index in [9.17, 15) is 0 Å². The second kappa shape index (κ2) is 4.81. The first-order chi connectivity index (χ1) is 6.85. The van der Waals surface area contributed by atoms with Gasteiger partial charge in [0.1, 0.15) is 0 Å². The van der Waals surface area contributed by atoms with Crippen LogP contribution in [0.1, 0.15) is 20.3 Å². The van der Waals surface area contributed by atoms with Crippen LogP contribution in [0.2, 0.25) is 19.6 Å². The van der Waals surface area contributed by atoms with E-state index < -0.39 is 7.59 Å². The Hall–Kier alpha value is -0.126. The Kier molecular flexibility index (Phi) is 4.15. The highest BCUT2D eigenvalue weighted by molar-refractivity contribution is 7.25. The van der Waals surface area contributed by atoms with Gasteiger partial charge in [-0.1, -0.05) is 43.1 Å². The molecule has 0 N–H and O–H groups in total. The van der Waals surface area contributed by atoms with E-state index in [0.29, 0.717) is 0 Å². The van der Waals surface area contributed by atoms with Gasteiger partial charge in [0.25, 0.3) is 0 Å². The molecule has 15 heavy (non-hydrogen) atoms. The first kappa shape index (κ1) is 12.9. The third kappa shape index (κ3) is 4.49. The lowest BCUT2D eigenvalue weighted by Crippen LogP contribution is -2.33. The van der Waals surface area contributed by atoms with Gasteiger partial charge in [-0.3, -0.25) is 0 Å². The summed E-state index contributed by atoms with van der Waals surface area (Å²) in [4.78, 5) is 0. The molecule has 0 saturated heterocycles. The zero-order valence-electron chi connectivity index (χ0n) is 10.8. The number of hydrogen-bond donors (Lipinski definition) is 0. The summed E-state index contributed by atoms with van der Waals surface area (Å²) in [6.07, 6.45) is 8.06. The largest absolute Gasteiger partial charge is 0.371 e. The summed E-state index contributed by atoms with van der Waals surface area (Å²) in [5.74, 6) is 0. The summed E-state index contributed by atoms with van der Waals surface area (Å²) in [6, 6.07) is 0. The third-order valence-electron chi connectivity index (χ3n) is 2.63. The topological polar surface area (TPSA) is 9.23 Å². The molecule has 0 amide bonds. The normalized spacial score (nSPS) is 27.4. The van der Waals surface area contributed by atoms with Gasteiger partial charge in [-0.25, -0.2) is 0 Å². The molecule has 0 radical (unpaired) electrons. The summed E-state index contributed by atoms with van der Waals surface area (Å²) in [5.41, 5.74) is -0.0356. The molecule has 0 aromatic carbocycles. The predicted octanol–water partition coefficient (Wildman–Crippen LogP) is 2.63. The summed E-state index contributed by atoms with van der Waals surface area (Å²) in [5, 5.41) is 1.64. The minimum absolute atomic E-state index is 0.00109. The maximum atomic E-state index is 5.74. The molecule has 1 aliphatic rings. The number of rotatable bonds is 4. The second-order valence-corrected chi connectivity index (χ2v) is 19.5. The van der Waals surface area contributed by atoms with E-state index >= 15 is 0 Å². The van der Waals surface area contributed by atoms with Crippen molar-refractivity contribution in [3.05, 3.63) is 23.4 Å². The first-order valence-electron chi connectivity index (χ1n) is 5.87. The quantitative estimate of drug-likeness (QED) is 0.687. The van der Waals surface area contributed by atoms with E-state index in [0.717, 1.165) is 13.0 Å². The minimum atomic E-state index is -0.831. The van der Waals surface area contributed by atoms with E-state index in [4.69, 9.17) is 4.74 Å². The Bertz CT molecular complexity index is 276. The number of allylic oxidation sites excluding steroid dienone is 2. The van der Waals surface area contributed by atoms with Crippen molar-refractivity contribution in [3.8, 4) is 0 Å². The van der Waals surface area contributed by atoms with E-state index in [1.165, 1.54) is 0 Å². The summed E-state index contributed by atoms with van der Waals surface area (Å²) in [7, 11) is -0.832. The van der Waals surface area contributed by atoms with Gasteiger partial charge in [0.2, 0.25) is 0 Å². The monoisotopic (exact) mass is 240 g/mol. The lowest BCUT2D eigenvalue weighted by atomic mass is 9.97. The number of hydrogen-bond acceptors (Lipinski definition) is 1. The molecule has 0 fully saturated rings. The molecule has 0 aliphatic heterocycles. The van der Waals surface area contributed by atoms with Crippen LogP contribution >= 0.6 is 0 Å². The fourth-order valence-corrected chi connectivity index (χ4v) is 8.14. The van der Waals surface area contributed by atoms with Crippen LogP contribution in [0.4, 0.5) is 0 Å². The van der Waals surface area contributed by atoms with Crippen molar-refractivity contribution >= 4 is 16.6 Å². The van der Waals surface area contributed by atoms with Crippen LogP contribution in [0.25, 0.3) is 0 Å². The van der Waals surface area contributed by atoms with Gasteiger partial charge in [-0.2, -0.15) is 0 Å². The summed E-state index contributed by atoms with van der Waals surface area (Å²) >= 11 is 0. The van der Waals surface area contributed by atoms with E-state index in [2.05, 4.69) is 51.7 Å². The molecule has 1 rings (SSSR count). The zero-order chi connectivity index (χ0) is 11.5. The van der Waals surface area contributed by atoms with E-state index in [1.54, 1.807) is 5.20 Å². The highest BCUT2D eigenvalue weighted by Crippen LogP contribution is 2.24. The van der Waals surface area contributed by atoms with Crippen molar-refractivity contribution in [1.29, 1.82) is 0 Å². The van der Waals surface area contributed by atoms with Crippen LogP contribution in [0.3, 0.4) is 0 Å². The van der Waals surface area contributed by atoms with Crippen LogP contribution in [0, 0.1) is 0 Å². The van der Waals surface area contributed by atoms with E-state index in [1.807, 2.05) is 0 Å². The van der Waals surface area contributed by atoms with Crippen LogP contribution in [0.5, 0.6) is 0 Å². The second-order valence-electron chi connectivity index (χ2n) is 5.80. The van der Waals surface area contributed by atoms with Crippen LogP contribution < -0.4 is 0 Å². The molecule has 1 nitrogen and oxygen atoms in total. The van der Waals surface area contributed by atoms with E-state index in [-0.39, 0.29) is 14.6 Å². The molecule has 0 aromatic rings. The molecule has 0 heterocycles. The summed E-state index contributed by atoms with van der Waals surface area (Å²) < 4.78 is 5.74. The molecular weight excluding hydrogens is 216 g/mol. The molecule has 3 heteroatoms. The highest BCUT2D eigenvalue weighted by Gasteiger charge is 2.24. The van der Waals surface area contributed by atoms with Crippen molar-refractivity contribution in [2.24, 2.45) is 0 Å². The maximum absolute atomic E-state index is 5.74. The van der Waals surface area contributed by atoms with Gasteiger partial charge in [-0.05, 0) is 20.3 Å². The van der Waals surface area contributed by atoms with Gasteiger partial charge in [0.05, 0.1) is 5.60 Å². The van der Waals surface area contributed by atoms with Crippen LogP contribution in [-0.2, 0) is 4.74 Å². The molecule has 0 aromatic heterocycles. The molecule has 1 atom stereocenters. The average Bonchev–Trinajstić information content (AvgIpc) is 2.08. The molecule has 0 bridgehead atoms. The SMILES string of the molecule is CCOC1(C)C=CC([SiH2][Si](C)(C)C)=CC1. The lowest BCUT2D eigenvalue weighted by molar-refractivity contribution is 0.0152. The smallest absolute Gasteiger partial charge is 0.0871 e. The minimum Gasteiger partial charge on any atom is -0.371 e. The predicted molar refractivity (Wildman–Crippen MR) is 73.8 cm³/mol. The Labute approximate surface area is 97.2 Å². The van der Waals surface area contributed by atoms with Gasteiger partial charge in [0.15, 0.2) is 0 Å². The fourth-order valence-electron chi connectivity index (χ4n) is 1.93. The average molecular weight is 240 g/mol. The van der Waals surface area contributed by atoms with Crippen LogP contribution in [-0.4, -0.2) is 28.8 Å². The maximum Gasteiger partial charge on any atom is 0.0871 e. The van der Waals surface area contributed by atoms with Gasteiger partial charge in [-0.15, -0.1) is 0 Å². The number of ether oxygens (including phenoxy) is 1. The van der Waals surface area contributed by atoms with Gasteiger partial charge < -0.3 is 4.74 Å². The standard InChI is InChI=1S/C12H24OSi2/c1-6-13-12(2)9-7-11(8-10-12)14-15(3,4)5/h7-9H,6,10,14H2,1-5H3. The molecule has 0 saturated carbocycles. The zero-order valence-corrected chi connectivity index (χ0v) is 13.2.